The highest BCUT2D eigenvalue weighted by atomic mass is 32.1. The largest absolute Gasteiger partial charge is 0.330 e. The summed E-state index contributed by atoms with van der Waals surface area (Å²) in [5.74, 6) is 0.0365. The molecule has 1 fully saturated rings. The zero-order valence-electron chi connectivity index (χ0n) is 19.3. The van der Waals surface area contributed by atoms with E-state index in [4.69, 9.17) is 12.2 Å². The molecule has 1 aliphatic rings. The lowest BCUT2D eigenvalue weighted by molar-refractivity contribution is -0.117. The van der Waals surface area contributed by atoms with E-state index in [1.165, 1.54) is 16.9 Å². The van der Waals surface area contributed by atoms with Crippen LogP contribution in [0.25, 0.3) is 0 Å². The summed E-state index contributed by atoms with van der Waals surface area (Å²) in [6.45, 7) is 10.6. The SMILES string of the molecule is Cc1ccc(Nc2nn(CN3CCN(CC(=O)Nc4c(C)cccc4C)CC3)c(=S)s2)cc1. The van der Waals surface area contributed by atoms with Crippen molar-refractivity contribution in [2.45, 2.75) is 27.4 Å². The van der Waals surface area contributed by atoms with Gasteiger partial charge in [0.2, 0.25) is 11.0 Å². The second-order valence-corrected chi connectivity index (χ2v) is 10.1. The third-order valence-electron chi connectivity index (χ3n) is 5.82. The van der Waals surface area contributed by atoms with Crippen molar-refractivity contribution in [2.75, 3.05) is 43.4 Å². The van der Waals surface area contributed by atoms with Gasteiger partial charge < -0.3 is 10.6 Å². The highest BCUT2D eigenvalue weighted by molar-refractivity contribution is 7.73. The van der Waals surface area contributed by atoms with Crippen molar-refractivity contribution in [3.05, 3.63) is 63.1 Å². The first-order valence-corrected chi connectivity index (χ1v) is 12.3. The molecule has 0 spiro atoms. The Morgan fingerprint density at radius 2 is 1.64 bits per heavy atom. The standard InChI is InChI=1S/C24H30N6OS2/c1-17-7-9-20(10-8-17)25-23-27-30(24(32)33-23)16-29-13-11-28(12-14-29)15-21(31)26-22-18(2)5-4-6-19(22)3/h4-10H,11-16H2,1-3H3,(H,25,27)(H,26,31). The average Bonchev–Trinajstić information content (AvgIpc) is 3.12. The van der Waals surface area contributed by atoms with E-state index in [9.17, 15) is 4.79 Å². The normalized spacial score (nSPS) is 14.9. The summed E-state index contributed by atoms with van der Waals surface area (Å²) in [6.07, 6.45) is 0. The lowest BCUT2D eigenvalue weighted by atomic mass is 10.1. The van der Waals surface area contributed by atoms with Crippen LogP contribution in [0.1, 0.15) is 16.7 Å². The van der Waals surface area contributed by atoms with Crippen molar-refractivity contribution in [1.29, 1.82) is 0 Å². The fraction of sp³-hybridized carbons (Fsp3) is 0.375. The summed E-state index contributed by atoms with van der Waals surface area (Å²) in [5, 5.41) is 11.9. The Morgan fingerprint density at radius 1 is 1.00 bits per heavy atom. The van der Waals surface area contributed by atoms with E-state index in [0.717, 1.165) is 57.8 Å². The average molecular weight is 483 g/mol. The van der Waals surface area contributed by atoms with Gasteiger partial charge in [-0.1, -0.05) is 47.2 Å². The van der Waals surface area contributed by atoms with Crippen LogP contribution in [-0.2, 0) is 11.5 Å². The highest BCUT2D eigenvalue weighted by Crippen LogP contribution is 2.21. The van der Waals surface area contributed by atoms with Gasteiger partial charge in [-0.2, -0.15) is 0 Å². The Labute approximate surface area is 204 Å². The fourth-order valence-electron chi connectivity index (χ4n) is 3.88. The first-order valence-electron chi connectivity index (χ1n) is 11.1. The second kappa shape index (κ2) is 10.6. The fourth-order valence-corrected chi connectivity index (χ4v) is 4.89. The number of rotatable bonds is 7. The molecule has 1 aliphatic heterocycles. The van der Waals surface area contributed by atoms with Crippen molar-refractivity contribution in [3.8, 4) is 0 Å². The summed E-state index contributed by atoms with van der Waals surface area (Å²) in [6, 6.07) is 14.3. The van der Waals surface area contributed by atoms with Gasteiger partial charge in [0.1, 0.15) is 0 Å². The van der Waals surface area contributed by atoms with Gasteiger partial charge in [0.25, 0.3) is 0 Å². The minimum atomic E-state index is 0.0365. The predicted molar refractivity (Wildman–Crippen MR) is 138 cm³/mol. The number of nitrogens with one attached hydrogen (secondary N) is 2. The Bertz CT molecular complexity index is 1140. The number of anilines is 3. The van der Waals surface area contributed by atoms with Crippen molar-refractivity contribution in [3.63, 3.8) is 0 Å². The lowest BCUT2D eigenvalue weighted by Gasteiger charge is -2.34. The molecule has 0 bridgehead atoms. The first-order chi connectivity index (χ1) is 15.9. The van der Waals surface area contributed by atoms with Gasteiger partial charge >= 0.3 is 0 Å². The minimum Gasteiger partial charge on any atom is -0.330 e. The predicted octanol–water partition coefficient (Wildman–Crippen LogP) is 4.56. The molecule has 0 radical (unpaired) electrons. The number of hydrogen-bond acceptors (Lipinski definition) is 7. The number of nitrogens with zero attached hydrogens (tertiary/aromatic N) is 4. The third kappa shape index (κ3) is 6.26. The van der Waals surface area contributed by atoms with Gasteiger partial charge in [-0.25, -0.2) is 4.68 Å². The van der Waals surface area contributed by atoms with Crippen molar-refractivity contribution in [2.24, 2.45) is 0 Å². The van der Waals surface area contributed by atoms with E-state index in [-0.39, 0.29) is 5.91 Å². The molecule has 0 saturated carbocycles. The van der Waals surface area contributed by atoms with Gasteiger partial charge in [0.05, 0.1) is 13.2 Å². The number of hydrogen-bond donors (Lipinski definition) is 2. The van der Waals surface area contributed by atoms with Crippen LogP contribution < -0.4 is 10.6 Å². The Hall–Kier alpha value is -2.59. The molecule has 1 saturated heterocycles. The van der Waals surface area contributed by atoms with Crippen LogP contribution in [0.2, 0.25) is 0 Å². The Kier molecular flexibility index (Phi) is 7.54. The molecule has 3 aromatic rings. The summed E-state index contributed by atoms with van der Waals surface area (Å²) in [5.41, 5.74) is 5.33. The van der Waals surface area contributed by atoms with Gasteiger partial charge in [-0.15, -0.1) is 5.10 Å². The van der Waals surface area contributed by atoms with Gasteiger partial charge in [0.15, 0.2) is 3.95 Å². The Balaban J connectivity index is 1.26. The molecular weight excluding hydrogens is 452 g/mol. The number of piperazine rings is 1. The quantitative estimate of drug-likeness (QED) is 0.482. The van der Waals surface area contributed by atoms with Gasteiger partial charge in [-0.05, 0) is 56.2 Å². The molecule has 9 heteroatoms. The van der Waals surface area contributed by atoms with E-state index in [2.05, 4.69) is 44.6 Å². The molecule has 33 heavy (non-hydrogen) atoms. The number of carbonyl (C=O) groups is 1. The molecule has 4 rings (SSSR count). The lowest BCUT2D eigenvalue weighted by Crippen LogP contribution is -2.49. The van der Waals surface area contributed by atoms with Gasteiger partial charge in [-0.3, -0.25) is 14.6 Å². The Morgan fingerprint density at radius 3 is 2.30 bits per heavy atom. The highest BCUT2D eigenvalue weighted by Gasteiger charge is 2.20. The molecule has 2 heterocycles. The monoisotopic (exact) mass is 482 g/mol. The molecule has 2 aromatic carbocycles. The van der Waals surface area contributed by atoms with E-state index in [1.807, 2.05) is 48.9 Å². The number of amides is 1. The minimum absolute atomic E-state index is 0.0365. The number of aryl methyl sites for hydroxylation is 3. The van der Waals surface area contributed by atoms with E-state index in [0.29, 0.717) is 13.2 Å². The maximum atomic E-state index is 12.6. The van der Waals surface area contributed by atoms with Crippen LogP contribution in [0.3, 0.4) is 0 Å². The first kappa shape index (κ1) is 23.6. The van der Waals surface area contributed by atoms with Crippen LogP contribution in [0.4, 0.5) is 16.5 Å². The maximum absolute atomic E-state index is 12.6. The maximum Gasteiger partial charge on any atom is 0.238 e. The summed E-state index contributed by atoms with van der Waals surface area (Å²) in [7, 11) is 0. The second-order valence-electron chi connectivity index (χ2n) is 8.51. The molecule has 1 amide bonds. The smallest absolute Gasteiger partial charge is 0.238 e. The number of carbonyl (C=O) groups excluding carboxylic acids is 1. The van der Waals surface area contributed by atoms with Crippen LogP contribution >= 0.6 is 23.6 Å². The van der Waals surface area contributed by atoms with E-state index < -0.39 is 0 Å². The molecule has 174 valence electrons. The molecule has 2 N–H and O–H groups in total. The van der Waals surface area contributed by atoms with Crippen LogP contribution in [0, 0.1) is 24.7 Å². The number of para-hydroxylation sites is 1. The zero-order chi connectivity index (χ0) is 23.4. The zero-order valence-corrected chi connectivity index (χ0v) is 20.9. The van der Waals surface area contributed by atoms with Gasteiger partial charge in [0, 0.05) is 37.6 Å². The third-order valence-corrected chi connectivity index (χ3v) is 7.04. The molecule has 1 aromatic heterocycles. The topological polar surface area (TPSA) is 65.4 Å². The van der Waals surface area contributed by atoms with Crippen LogP contribution in [0.5, 0.6) is 0 Å². The van der Waals surface area contributed by atoms with E-state index >= 15 is 0 Å². The van der Waals surface area contributed by atoms with Crippen LogP contribution in [-0.4, -0.2) is 58.2 Å². The molecule has 7 nitrogen and oxygen atoms in total. The summed E-state index contributed by atoms with van der Waals surface area (Å²) < 4.78 is 2.62. The molecule has 0 aliphatic carbocycles. The van der Waals surface area contributed by atoms with Crippen molar-refractivity contribution >= 4 is 46.0 Å². The van der Waals surface area contributed by atoms with Crippen molar-refractivity contribution < 1.29 is 4.79 Å². The summed E-state index contributed by atoms with van der Waals surface area (Å²) >= 11 is 7.01. The number of benzene rings is 2. The molecule has 0 unspecified atom stereocenters. The van der Waals surface area contributed by atoms with Crippen LogP contribution in [0.15, 0.2) is 42.5 Å². The number of aromatic nitrogens is 2. The van der Waals surface area contributed by atoms with Crippen molar-refractivity contribution in [1.82, 2.24) is 19.6 Å². The summed E-state index contributed by atoms with van der Waals surface area (Å²) in [4.78, 5) is 17.1. The molecular formula is C24H30N6OS2. The molecule has 0 atom stereocenters. The van der Waals surface area contributed by atoms with E-state index in [1.54, 1.807) is 0 Å².